The predicted octanol–water partition coefficient (Wildman–Crippen LogP) is 1.10. The van der Waals surface area contributed by atoms with Crippen LogP contribution in [0.2, 0.25) is 0 Å². The van der Waals surface area contributed by atoms with Crippen LogP contribution >= 0.6 is 0 Å². The fraction of sp³-hybridized carbons (Fsp3) is 0.714. The molecule has 0 bridgehead atoms. The van der Waals surface area contributed by atoms with Gasteiger partial charge in [0.1, 0.15) is 6.10 Å². The predicted molar refractivity (Wildman–Crippen MR) is 36.9 cm³/mol. The number of nitrogens with one attached hydrogen (secondary N) is 1. The van der Waals surface area contributed by atoms with E-state index >= 15 is 0 Å². The lowest BCUT2D eigenvalue weighted by Gasteiger charge is -2.11. The summed E-state index contributed by atoms with van der Waals surface area (Å²) in [5, 5.41) is 3.03. The number of hydrogen-bond acceptors (Lipinski definition) is 2. The Labute approximate surface area is 55.9 Å². The van der Waals surface area contributed by atoms with Gasteiger partial charge in [-0.3, -0.25) is 0 Å². The molecule has 1 heterocycles. The van der Waals surface area contributed by atoms with E-state index in [0.29, 0.717) is 17.9 Å². The summed E-state index contributed by atoms with van der Waals surface area (Å²) in [6.07, 6.45) is 0.331. The third-order valence-corrected chi connectivity index (χ3v) is 1.54. The molecule has 1 rings (SSSR count). The van der Waals surface area contributed by atoms with E-state index in [1.54, 1.807) is 0 Å². The SMILES string of the molecule is C=C1NC[C@H](C(C)C)O1. The first-order chi connectivity index (χ1) is 4.20. The normalized spacial score (nSPS) is 26.1. The molecule has 1 saturated heterocycles. The first kappa shape index (κ1) is 6.46. The molecule has 52 valence electrons. The molecule has 9 heavy (non-hydrogen) atoms. The molecule has 0 unspecified atom stereocenters. The van der Waals surface area contributed by atoms with E-state index in [1.165, 1.54) is 0 Å². The van der Waals surface area contributed by atoms with Crippen LogP contribution in [0.5, 0.6) is 0 Å². The second kappa shape index (κ2) is 2.29. The van der Waals surface area contributed by atoms with Crippen molar-refractivity contribution in [3.8, 4) is 0 Å². The third-order valence-electron chi connectivity index (χ3n) is 1.54. The Morgan fingerprint density at radius 1 is 1.78 bits per heavy atom. The van der Waals surface area contributed by atoms with Gasteiger partial charge in [-0.1, -0.05) is 13.8 Å². The van der Waals surface area contributed by atoms with Gasteiger partial charge in [0, 0.05) is 0 Å². The molecule has 0 radical (unpaired) electrons. The molecule has 0 aliphatic carbocycles. The van der Waals surface area contributed by atoms with Gasteiger partial charge in [0.15, 0.2) is 5.88 Å². The molecule has 1 aliphatic heterocycles. The van der Waals surface area contributed by atoms with Crippen molar-refractivity contribution in [3.63, 3.8) is 0 Å². The monoisotopic (exact) mass is 127 g/mol. The zero-order valence-electron chi connectivity index (χ0n) is 5.98. The summed E-state index contributed by atoms with van der Waals surface area (Å²) in [4.78, 5) is 0. The fourth-order valence-corrected chi connectivity index (χ4v) is 0.852. The summed E-state index contributed by atoms with van der Waals surface area (Å²) in [5.41, 5.74) is 0. The van der Waals surface area contributed by atoms with Crippen molar-refractivity contribution in [3.05, 3.63) is 12.5 Å². The van der Waals surface area contributed by atoms with Gasteiger partial charge in [-0.25, -0.2) is 0 Å². The highest BCUT2D eigenvalue weighted by Gasteiger charge is 2.20. The molecule has 2 nitrogen and oxygen atoms in total. The van der Waals surface area contributed by atoms with Gasteiger partial charge in [-0.05, 0) is 12.5 Å². The average molecular weight is 127 g/mol. The summed E-state index contributed by atoms with van der Waals surface area (Å²) >= 11 is 0. The minimum absolute atomic E-state index is 0.331. The van der Waals surface area contributed by atoms with Crippen molar-refractivity contribution in [1.29, 1.82) is 0 Å². The van der Waals surface area contributed by atoms with Gasteiger partial charge in [0.25, 0.3) is 0 Å². The minimum atomic E-state index is 0.331. The van der Waals surface area contributed by atoms with Crippen LogP contribution in [-0.2, 0) is 4.74 Å². The van der Waals surface area contributed by atoms with E-state index in [2.05, 4.69) is 25.7 Å². The van der Waals surface area contributed by atoms with Crippen molar-refractivity contribution < 1.29 is 4.74 Å². The lowest BCUT2D eigenvalue weighted by Crippen LogP contribution is -2.19. The zero-order chi connectivity index (χ0) is 6.85. The Kier molecular flexibility index (Phi) is 1.65. The van der Waals surface area contributed by atoms with Crippen LogP contribution in [0.15, 0.2) is 12.5 Å². The molecule has 0 aromatic carbocycles. The molecule has 2 heteroatoms. The smallest absolute Gasteiger partial charge is 0.179 e. The molecular formula is C7H13NO. The van der Waals surface area contributed by atoms with Gasteiger partial charge >= 0.3 is 0 Å². The Morgan fingerprint density at radius 3 is 2.67 bits per heavy atom. The van der Waals surface area contributed by atoms with Crippen LogP contribution in [0.25, 0.3) is 0 Å². The van der Waals surface area contributed by atoms with E-state index in [4.69, 9.17) is 4.74 Å². The van der Waals surface area contributed by atoms with E-state index < -0.39 is 0 Å². The third kappa shape index (κ3) is 1.37. The van der Waals surface area contributed by atoms with Crippen molar-refractivity contribution in [1.82, 2.24) is 5.32 Å². The van der Waals surface area contributed by atoms with Gasteiger partial charge < -0.3 is 10.1 Å². The van der Waals surface area contributed by atoms with E-state index in [1.807, 2.05) is 0 Å². The van der Waals surface area contributed by atoms with Crippen LogP contribution in [0.3, 0.4) is 0 Å². The second-order valence-electron chi connectivity index (χ2n) is 2.70. The van der Waals surface area contributed by atoms with Crippen LogP contribution in [0.1, 0.15) is 13.8 Å². The maximum Gasteiger partial charge on any atom is 0.179 e. The second-order valence-corrected chi connectivity index (χ2v) is 2.70. The van der Waals surface area contributed by atoms with Crippen LogP contribution in [0.4, 0.5) is 0 Å². The molecule has 1 aliphatic rings. The fourth-order valence-electron chi connectivity index (χ4n) is 0.852. The highest BCUT2D eigenvalue weighted by molar-refractivity contribution is 4.90. The topological polar surface area (TPSA) is 21.3 Å². The number of rotatable bonds is 1. The maximum atomic E-state index is 5.32. The van der Waals surface area contributed by atoms with Crippen molar-refractivity contribution in [2.24, 2.45) is 5.92 Å². The summed E-state index contributed by atoms with van der Waals surface area (Å²) in [5.74, 6) is 1.30. The van der Waals surface area contributed by atoms with Gasteiger partial charge in [0.05, 0.1) is 6.54 Å². The zero-order valence-corrected chi connectivity index (χ0v) is 5.98. The van der Waals surface area contributed by atoms with E-state index in [-0.39, 0.29) is 0 Å². The maximum absolute atomic E-state index is 5.32. The van der Waals surface area contributed by atoms with Crippen LogP contribution < -0.4 is 5.32 Å². The van der Waals surface area contributed by atoms with Crippen molar-refractivity contribution >= 4 is 0 Å². The molecular weight excluding hydrogens is 114 g/mol. The molecule has 0 saturated carbocycles. The molecule has 1 fully saturated rings. The Bertz CT molecular complexity index is 120. The largest absolute Gasteiger partial charge is 0.474 e. The first-order valence-electron chi connectivity index (χ1n) is 3.29. The van der Waals surface area contributed by atoms with Gasteiger partial charge in [0.2, 0.25) is 0 Å². The first-order valence-corrected chi connectivity index (χ1v) is 3.29. The molecule has 1 N–H and O–H groups in total. The highest BCUT2D eigenvalue weighted by Crippen LogP contribution is 2.13. The van der Waals surface area contributed by atoms with E-state index in [0.717, 1.165) is 6.54 Å². The molecule has 0 aromatic rings. The lowest BCUT2D eigenvalue weighted by molar-refractivity contribution is 0.126. The van der Waals surface area contributed by atoms with E-state index in [9.17, 15) is 0 Å². The summed E-state index contributed by atoms with van der Waals surface area (Å²) in [6.45, 7) is 8.85. The number of ether oxygens (including phenoxy) is 1. The summed E-state index contributed by atoms with van der Waals surface area (Å²) < 4.78 is 5.32. The van der Waals surface area contributed by atoms with Crippen LogP contribution in [0, 0.1) is 5.92 Å². The van der Waals surface area contributed by atoms with Crippen molar-refractivity contribution in [2.45, 2.75) is 20.0 Å². The van der Waals surface area contributed by atoms with Crippen molar-refractivity contribution in [2.75, 3.05) is 6.54 Å². The standard InChI is InChI=1S/C7H13NO/c1-5(2)7-4-8-6(3)9-7/h5,7-8H,3-4H2,1-2H3/t7-/m1/s1. The summed E-state index contributed by atoms with van der Waals surface area (Å²) in [6, 6.07) is 0. The molecule has 0 amide bonds. The van der Waals surface area contributed by atoms with Gasteiger partial charge in [-0.15, -0.1) is 0 Å². The average Bonchev–Trinajstić information content (AvgIpc) is 2.14. The minimum Gasteiger partial charge on any atom is -0.474 e. The molecule has 0 spiro atoms. The number of hydrogen-bond donors (Lipinski definition) is 1. The Morgan fingerprint density at radius 2 is 2.44 bits per heavy atom. The van der Waals surface area contributed by atoms with Crippen LogP contribution in [-0.4, -0.2) is 12.6 Å². The highest BCUT2D eigenvalue weighted by atomic mass is 16.5. The lowest BCUT2D eigenvalue weighted by atomic mass is 10.1. The Hall–Kier alpha value is -0.660. The van der Waals surface area contributed by atoms with Gasteiger partial charge in [-0.2, -0.15) is 0 Å². The quantitative estimate of drug-likeness (QED) is 0.569. The Balaban J connectivity index is 2.39. The summed E-state index contributed by atoms with van der Waals surface area (Å²) in [7, 11) is 0. The molecule has 0 aromatic heterocycles. The molecule has 1 atom stereocenters.